The molecule has 4 aromatic rings. The lowest BCUT2D eigenvalue weighted by atomic mass is 10.0. The van der Waals surface area contributed by atoms with Crippen molar-refractivity contribution in [3.63, 3.8) is 0 Å². The van der Waals surface area contributed by atoms with E-state index in [4.69, 9.17) is 16.3 Å². The van der Waals surface area contributed by atoms with Crippen LogP contribution in [0.2, 0.25) is 5.02 Å². The smallest absolute Gasteiger partial charge is 0.343 e. The average molecular weight is 408 g/mol. The first-order valence-electron chi connectivity index (χ1n) is 8.86. The van der Waals surface area contributed by atoms with E-state index in [-0.39, 0.29) is 10.6 Å². The lowest BCUT2D eigenvalue weighted by Crippen LogP contribution is -2.16. The van der Waals surface area contributed by atoms with Gasteiger partial charge in [0.15, 0.2) is 6.61 Å². The molecular weight excluding hydrogens is 393 g/mol. The Hall–Kier alpha value is -3.44. The van der Waals surface area contributed by atoms with Gasteiger partial charge in [0.05, 0.1) is 16.3 Å². The van der Waals surface area contributed by atoms with Gasteiger partial charge in [-0.15, -0.1) is 0 Å². The molecule has 1 aromatic heterocycles. The molecule has 0 amide bonds. The Kier molecular flexibility index (Phi) is 5.14. The number of carbonyl (C=O) groups excluding carboxylic acids is 2. The van der Waals surface area contributed by atoms with Crippen molar-refractivity contribution >= 4 is 34.3 Å². The molecule has 6 heteroatoms. The molecule has 0 aliphatic heterocycles. The number of fused-ring (bicyclic) bond motifs is 1. The van der Waals surface area contributed by atoms with E-state index in [2.05, 4.69) is 4.98 Å². The van der Waals surface area contributed by atoms with Gasteiger partial charge < -0.3 is 9.72 Å². The van der Waals surface area contributed by atoms with Gasteiger partial charge in [0.2, 0.25) is 5.78 Å². The zero-order valence-corrected chi connectivity index (χ0v) is 15.9. The molecule has 0 saturated carbocycles. The summed E-state index contributed by atoms with van der Waals surface area (Å²) in [7, 11) is 0. The van der Waals surface area contributed by atoms with Crippen molar-refractivity contribution in [2.75, 3.05) is 6.61 Å². The molecule has 0 radical (unpaired) electrons. The van der Waals surface area contributed by atoms with Gasteiger partial charge in [-0.05, 0) is 23.8 Å². The number of hydrogen-bond donors (Lipinski definition) is 1. The average Bonchev–Trinajstić information content (AvgIpc) is 3.12. The van der Waals surface area contributed by atoms with Crippen molar-refractivity contribution in [1.82, 2.24) is 4.98 Å². The summed E-state index contributed by atoms with van der Waals surface area (Å²) in [5.74, 6) is -2.18. The second-order valence-electron chi connectivity index (χ2n) is 6.38. The Morgan fingerprint density at radius 3 is 2.38 bits per heavy atom. The van der Waals surface area contributed by atoms with Crippen LogP contribution in [0.3, 0.4) is 0 Å². The Balaban J connectivity index is 1.66. The number of benzene rings is 3. The maximum absolute atomic E-state index is 13.9. The van der Waals surface area contributed by atoms with E-state index in [1.54, 1.807) is 0 Å². The monoisotopic (exact) mass is 407 g/mol. The normalized spacial score (nSPS) is 10.8. The molecule has 4 rings (SSSR count). The Morgan fingerprint density at radius 2 is 1.62 bits per heavy atom. The molecule has 4 nitrogen and oxygen atoms in total. The summed E-state index contributed by atoms with van der Waals surface area (Å²) in [4.78, 5) is 28.5. The predicted molar refractivity (Wildman–Crippen MR) is 110 cm³/mol. The van der Waals surface area contributed by atoms with Crippen LogP contribution in [0.5, 0.6) is 0 Å². The van der Waals surface area contributed by atoms with Gasteiger partial charge in [0.1, 0.15) is 11.4 Å². The minimum absolute atomic E-state index is 0.0699. The second kappa shape index (κ2) is 7.89. The maximum Gasteiger partial charge on any atom is 0.343 e. The van der Waals surface area contributed by atoms with E-state index in [9.17, 15) is 14.0 Å². The van der Waals surface area contributed by atoms with Gasteiger partial charge >= 0.3 is 5.97 Å². The van der Waals surface area contributed by atoms with Gasteiger partial charge in [-0.3, -0.25) is 4.79 Å². The highest BCUT2D eigenvalue weighted by molar-refractivity contribution is 6.33. The Morgan fingerprint density at radius 1 is 0.897 bits per heavy atom. The number of para-hydroxylation sites is 1. The van der Waals surface area contributed by atoms with Crippen molar-refractivity contribution in [3.8, 4) is 11.3 Å². The van der Waals surface area contributed by atoms with Crippen LogP contribution in [0.1, 0.15) is 20.7 Å². The number of nitrogens with one attached hydrogen (secondary N) is 1. The van der Waals surface area contributed by atoms with Crippen LogP contribution in [0.15, 0.2) is 72.8 Å². The van der Waals surface area contributed by atoms with Gasteiger partial charge in [-0.1, -0.05) is 66.2 Å². The van der Waals surface area contributed by atoms with E-state index in [1.807, 2.05) is 54.6 Å². The number of H-pyrrole nitrogens is 1. The zero-order chi connectivity index (χ0) is 20.4. The molecule has 0 aliphatic rings. The lowest BCUT2D eigenvalue weighted by Gasteiger charge is -2.08. The molecule has 144 valence electrons. The molecular formula is C23H15ClFNO3. The number of hydrogen-bond acceptors (Lipinski definition) is 3. The predicted octanol–water partition coefficient (Wildman–Crippen LogP) is 5.67. The SMILES string of the molecule is O=C(OCC(=O)c1c(-c2ccccc2)[nH]c2ccccc12)c1c(F)cccc1Cl. The van der Waals surface area contributed by atoms with Crippen LogP contribution in [0.4, 0.5) is 4.39 Å². The quantitative estimate of drug-likeness (QED) is 0.342. The maximum atomic E-state index is 13.9. The number of aromatic nitrogens is 1. The first-order chi connectivity index (χ1) is 14.1. The van der Waals surface area contributed by atoms with Crippen molar-refractivity contribution in [1.29, 1.82) is 0 Å². The van der Waals surface area contributed by atoms with E-state index >= 15 is 0 Å². The van der Waals surface area contributed by atoms with Crippen LogP contribution < -0.4 is 0 Å². The molecule has 0 spiro atoms. The van der Waals surface area contributed by atoms with Crippen molar-refractivity contribution < 1.29 is 18.7 Å². The molecule has 29 heavy (non-hydrogen) atoms. The lowest BCUT2D eigenvalue weighted by molar-refractivity contribution is 0.0471. The molecule has 0 unspecified atom stereocenters. The molecule has 0 atom stereocenters. The first-order valence-corrected chi connectivity index (χ1v) is 9.24. The van der Waals surface area contributed by atoms with Crippen LogP contribution in [-0.4, -0.2) is 23.3 Å². The third-order valence-corrected chi connectivity index (χ3v) is 4.86. The van der Waals surface area contributed by atoms with Gasteiger partial charge in [-0.2, -0.15) is 0 Å². The van der Waals surface area contributed by atoms with Crippen molar-refractivity contribution in [2.45, 2.75) is 0 Å². The molecule has 1 heterocycles. The highest BCUT2D eigenvalue weighted by atomic mass is 35.5. The summed E-state index contributed by atoms with van der Waals surface area (Å²) >= 11 is 5.89. The number of esters is 1. The molecule has 3 aromatic carbocycles. The standard InChI is InChI=1S/C23H15ClFNO3/c24-16-10-6-11-17(25)21(16)23(28)29-13-19(27)20-15-9-4-5-12-18(15)26-22(20)14-7-2-1-3-8-14/h1-12,26H,13H2. The number of aromatic amines is 1. The van der Waals surface area contributed by atoms with E-state index < -0.39 is 24.2 Å². The van der Waals surface area contributed by atoms with E-state index in [1.165, 1.54) is 12.1 Å². The fraction of sp³-hybridized carbons (Fsp3) is 0.0435. The molecule has 0 saturated heterocycles. The van der Waals surface area contributed by atoms with Gasteiger partial charge in [-0.25, -0.2) is 9.18 Å². The Labute approximate surface area is 170 Å². The number of ketones is 1. The van der Waals surface area contributed by atoms with Gasteiger partial charge in [0.25, 0.3) is 0 Å². The molecule has 1 N–H and O–H groups in total. The van der Waals surface area contributed by atoms with Crippen molar-refractivity contribution in [2.24, 2.45) is 0 Å². The third kappa shape index (κ3) is 3.65. The van der Waals surface area contributed by atoms with Crippen molar-refractivity contribution in [3.05, 3.63) is 94.8 Å². The number of ether oxygens (including phenoxy) is 1. The number of halogens is 2. The topological polar surface area (TPSA) is 59.2 Å². The largest absolute Gasteiger partial charge is 0.454 e. The van der Waals surface area contributed by atoms with Crippen LogP contribution in [0, 0.1) is 5.82 Å². The minimum Gasteiger partial charge on any atom is -0.454 e. The third-order valence-electron chi connectivity index (χ3n) is 4.55. The summed E-state index contributed by atoms with van der Waals surface area (Å²) in [6.07, 6.45) is 0. The zero-order valence-electron chi connectivity index (χ0n) is 15.1. The fourth-order valence-corrected chi connectivity index (χ4v) is 3.46. The number of carbonyl (C=O) groups is 2. The number of Topliss-reactive ketones (excluding diaryl/α,β-unsaturated/α-hetero) is 1. The summed E-state index contributed by atoms with van der Waals surface area (Å²) in [6, 6.07) is 20.6. The Bertz CT molecular complexity index is 1200. The fourth-order valence-electron chi connectivity index (χ4n) is 3.22. The molecule has 0 aliphatic carbocycles. The highest BCUT2D eigenvalue weighted by Crippen LogP contribution is 2.31. The minimum atomic E-state index is -0.984. The molecule has 0 bridgehead atoms. The summed E-state index contributed by atoms with van der Waals surface area (Å²) in [5.41, 5.74) is 2.29. The summed E-state index contributed by atoms with van der Waals surface area (Å²) < 4.78 is 19.0. The number of rotatable bonds is 5. The summed E-state index contributed by atoms with van der Waals surface area (Å²) in [6.45, 7) is -0.537. The van der Waals surface area contributed by atoms with E-state index in [0.29, 0.717) is 11.3 Å². The summed E-state index contributed by atoms with van der Waals surface area (Å²) in [5, 5.41) is 0.649. The van der Waals surface area contributed by atoms with E-state index in [0.717, 1.165) is 22.5 Å². The van der Waals surface area contributed by atoms with Gasteiger partial charge in [0, 0.05) is 10.9 Å². The first kappa shape index (κ1) is 18.9. The second-order valence-corrected chi connectivity index (χ2v) is 6.79. The molecule has 0 fully saturated rings. The highest BCUT2D eigenvalue weighted by Gasteiger charge is 2.23. The van der Waals surface area contributed by atoms with Crippen LogP contribution in [-0.2, 0) is 4.74 Å². The van der Waals surface area contributed by atoms with Crippen LogP contribution in [0.25, 0.3) is 22.2 Å². The van der Waals surface area contributed by atoms with Crippen LogP contribution >= 0.6 is 11.6 Å².